The van der Waals surface area contributed by atoms with Crippen LogP contribution in [0.4, 0.5) is 0 Å². The molecule has 1 saturated heterocycles. The number of hydrogen-bond acceptors (Lipinski definition) is 3. The summed E-state index contributed by atoms with van der Waals surface area (Å²) in [7, 11) is 0. The van der Waals surface area contributed by atoms with Crippen LogP contribution in [-0.4, -0.2) is 41.9 Å². The highest BCUT2D eigenvalue weighted by Gasteiger charge is 2.55. The Bertz CT molecular complexity index is 1070. The van der Waals surface area contributed by atoms with Crippen molar-refractivity contribution in [1.29, 1.82) is 0 Å². The van der Waals surface area contributed by atoms with Crippen molar-refractivity contribution < 1.29 is 9.59 Å². The third-order valence-corrected chi connectivity index (χ3v) is 7.71. The molecule has 2 amide bonds. The van der Waals surface area contributed by atoms with Gasteiger partial charge in [-0.25, -0.2) is 0 Å². The van der Waals surface area contributed by atoms with Gasteiger partial charge in [-0.2, -0.15) is 0 Å². The van der Waals surface area contributed by atoms with E-state index < -0.39 is 17.4 Å². The molecule has 0 radical (unpaired) electrons. The molecular formula is C24H25Cl4N3O2. The lowest BCUT2D eigenvalue weighted by molar-refractivity contribution is -0.141. The minimum absolute atomic E-state index is 0.0907. The lowest BCUT2D eigenvalue weighted by atomic mass is 9.92. The first-order valence-corrected chi connectivity index (χ1v) is 12.5. The summed E-state index contributed by atoms with van der Waals surface area (Å²) in [6, 6.07) is 9.51. The van der Waals surface area contributed by atoms with Gasteiger partial charge in [-0.05, 0) is 67.6 Å². The van der Waals surface area contributed by atoms with Gasteiger partial charge in [-0.3, -0.25) is 9.59 Å². The van der Waals surface area contributed by atoms with Gasteiger partial charge in [-0.1, -0.05) is 58.5 Å². The zero-order valence-corrected chi connectivity index (χ0v) is 20.9. The van der Waals surface area contributed by atoms with Crippen LogP contribution >= 0.6 is 46.4 Å². The Morgan fingerprint density at radius 2 is 1.73 bits per heavy atom. The molecule has 0 bridgehead atoms. The summed E-state index contributed by atoms with van der Waals surface area (Å²) < 4.78 is 0. The normalized spacial score (nSPS) is 19.8. The van der Waals surface area contributed by atoms with E-state index in [2.05, 4.69) is 5.32 Å². The monoisotopic (exact) mass is 527 g/mol. The van der Waals surface area contributed by atoms with Crippen molar-refractivity contribution in [3.05, 3.63) is 67.6 Å². The smallest absolute Gasteiger partial charge is 0.240 e. The molecule has 1 aliphatic heterocycles. The summed E-state index contributed by atoms with van der Waals surface area (Å²) in [5.41, 5.74) is 6.52. The topological polar surface area (TPSA) is 75.4 Å². The maximum absolute atomic E-state index is 14.1. The fourth-order valence-corrected chi connectivity index (χ4v) is 5.71. The van der Waals surface area contributed by atoms with E-state index in [1.54, 1.807) is 41.3 Å². The molecule has 1 saturated carbocycles. The van der Waals surface area contributed by atoms with Gasteiger partial charge >= 0.3 is 0 Å². The number of benzene rings is 2. The number of rotatable bonds is 8. The van der Waals surface area contributed by atoms with Crippen LogP contribution in [0.1, 0.15) is 36.8 Å². The fourth-order valence-electron chi connectivity index (χ4n) is 4.64. The summed E-state index contributed by atoms with van der Waals surface area (Å²) >= 11 is 25.0. The molecule has 33 heavy (non-hydrogen) atoms. The Labute approximate surface area is 213 Å². The van der Waals surface area contributed by atoms with Crippen molar-refractivity contribution in [3.63, 3.8) is 0 Å². The second-order valence-corrected chi connectivity index (χ2v) is 10.5. The van der Waals surface area contributed by atoms with Crippen LogP contribution in [-0.2, 0) is 21.4 Å². The highest BCUT2D eigenvalue weighted by atomic mass is 35.5. The van der Waals surface area contributed by atoms with E-state index in [9.17, 15) is 9.59 Å². The number of carbonyl (C=O) groups is 2. The van der Waals surface area contributed by atoms with E-state index >= 15 is 0 Å². The standard InChI is InChI=1S/C24H25Cl4N3O2/c25-15-4-3-14(19(27)11-15)10-21(22(29)32)31(13-17-2-1-9-30-17)23(33)24(7-8-24)18-6-5-16(26)12-20(18)28/h3-6,11-12,17,21,30H,1-2,7-10,13H2,(H2,29,32)/t17-,21+/m1/s1. The van der Waals surface area contributed by atoms with Crippen LogP contribution in [0.25, 0.3) is 0 Å². The van der Waals surface area contributed by atoms with E-state index in [0.29, 0.717) is 45.0 Å². The van der Waals surface area contributed by atoms with E-state index in [1.807, 2.05) is 0 Å². The SMILES string of the molecule is NC(=O)[C@H](Cc1ccc(Cl)cc1Cl)N(C[C@H]1CCCN1)C(=O)C1(c2ccc(Cl)cc2Cl)CC1. The average molecular weight is 529 g/mol. The van der Waals surface area contributed by atoms with E-state index in [1.165, 1.54) is 0 Å². The van der Waals surface area contributed by atoms with Crippen molar-refractivity contribution in [3.8, 4) is 0 Å². The highest BCUT2D eigenvalue weighted by Crippen LogP contribution is 2.52. The fraction of sp³-hybridized carbons (Fsp3) is 0.417. The molecule has 1 heterocycles. The predicted molar refractivity (Wildman–Crippen MR) is 133 cm³/mol. The summed E-state index contributed by atoms with van der Waals surface area (Å²) in [6.45, 7) is 1.26. The van der Waals surface area contributed by atoms with Gasteiger partial charge in [0, 0.05) is 39.1 Å². The summed E-state index contributed by atoms with van der Waals surface area (Å²) in [6.07, 6.45) is 3.44. The quantitative estimate of drug-likeness (QED) is 0.505. The number of nitrogens with one attached hydrogen (secondary N) is 1. The van der Waals surface area contributed by atoms with Gasteiger partial charge in [0.2, 0.25) is 11.8 Å². The second-order valence-electron chi connectivity index (χ2n) is 8.82. The molecule has 5 nitrogen and oxygen atoms in total. The van der Waals surface area contributed by atoms with E-state index in [-0.39, 0.29) is 18.4 Å². The molecule has 2 aromatic carbocycles. The number of nitrogens with two attached hydrogens (primary N) is 1. The maximum atomic E-state index is 14.1. The van der Waals surface area contributed by atoms with Crippen LogP contribution in [0.15, 0.2) is 36.4 Å². The first kappa shape index (κ1) is 24.6. The molecule has 2 aromatic rings. The van der Waals surface area contributed by atoms with Crippen LogP contribution in [0.5, 0.6) is 0 Å². The third-order valence-electron chi connectivity index (χ3n) is 6.58. The van der Waals surface area contributed by atoms with E-state index in [4.69, 9.17) is 52.1 Å². The van der Waals surface area contributed by atoms with Crippen molar-refractivity contribution in [2.24, 2.45) is 5.73 Å². The molecule has 0 aromatic heterocycles. The first-order chi connectivity index (χ1) is 15.7. The Hall–Kier alpha value is -1.50. The third kappa shape index (κ3) is 5.28. The summed E-state index contributed by atoms with van der Waals surface area (Å²) in [5, 5.41) is 5.30. The second kappa shape index (κ2) is 10.0. The van der Waals surface area contributed by atoms with Crippen LogP contribution < -0.4 is 11.1 Å². The van der Waals surface area contributed by atoms with Crippen LogP contribution in [0.2, 0.25) is 20.1 Å². The number of primary amides is 1. The Morgan fingerprint density at radius 3 is 2.27 bits per heavy atom. The molecule has 176 valence electrons. The molecule has 4 rings (SSSR count). The largest absolute Gasteiger partial charge is 0.368 e. The van der Waals surface area contributed by atoms with Gasteiger partial charge in [0.05, 0.1) is 5.41 Å². The van der Waals surface area contributed by atoms with Gasteiger partial charge in [0.1, 0.15) is 6.04 Å². The minimum Gasteiger partial charge on any atom is -0.368 e. The zero-order chi connectivity index (χ0) is 23.8. The molecule has 0 spiro atoms. The van der Waals surface area contributed by atoms with Gasteiger partial charge in [-0.15, -0.1) is 0 Å². The molecule has 0 unspecified atom stereocenters. The minimum atomic E-state index is -0.859. The Morgan fingerprint density at radius 1 is 1.06 bits per heavy atom. The van der Waals surface area contributed by atoms with E-state index in [0.717, 1.165) is 24.9 Å². The van der Waals surface area contributed by atoms with Gasteiger partial charge in [0.25, 0.3) is 0 Å². The number of hydrogen-bond donors (Lipinski definition) is 2. The summed E-state index contributed by atoms with van der Waals surface area (Å²) in [5.74, 6) is -0.723. The van der Waals surface area contributed by atoms with Crippen molar-refractivity contribution in [1.82, 2.24) is 10.2 Å². The van der Waals surface area contributed by atoms with Crippen molar-refractivity contribution >= 4 is 58.2 Å². The highest BCUT2D eigenvalue weighted by molar-refractivity contribution is 6.35. The average Bonchev–Trinajstić information content (AvgIpc) is 3.39. The molecular weight excluding hydrogens is 504 g/mol. The first-order valence-electron chi connectivity index (χ1n) is 10.9. The number of carbonyl (C=O) groups excluding carboxylic acids is 2. The van der Waals surface area contributed by atoms with Crippen LogP contribution in [0.3, 0.4) is 0 Å². The Balaban J connectivity index is 1.69. The number of amides is 2. The maximum Gasteiger partial charge on any atom is 0.240 e. The molecule has 3 N–H and O–H groups in total. The van der Waals surface area contributed by atoms with Crippen molar-refractivity contribution in [2.45, 2.75) is 49.6 Å². The molecule has 2 fully saturated rings. The lowest BCUT2D eigenvalue weighted by Crippen LogP contribution is -2.55. The predicted octanol–water partition coefficient (Wildman–Crippen LogP) is 5.01. The molecule has 1 aliphatic carbocycles. The lowest BCUT2D eigenvalue weighted by Gasteiger charge is -2.35. The number of nitrogens with zero attached hydrogens (tertiary/aromatic N) is 1. The number of halogens is 4. The van der Waals surface area contributed by atoms with Gasteiger partial charge in [0.15, 0.2) is 0 Å². The van der Waals surface area contributed by atoms with Gasteiger partial charge < -0.3 is 16.0 Å². The summed E-state index contributed by atoms with van der Waals surface area (Å²) in [4.78, 5) is 28.4. The zero-order valence-electron chi connectivity index (χ0n) is 17.9. The van der Waals surface area contributed by atoms with Crippen LogP contribution in [0, 0.1) is 0 Å². The Kier molecular flexibility index (Phi) is 7.47. The molecule has 9 heteroatoms. The van der Waals surface area contributed by atoms with Crippen molar-refractivity contribution in [2.75, 3.05) is 13.1 Å². The molecule has 2 atom stereocenters. The molecule has 2 aliphatic rings.